The second kappa shape index (κ2) is 12.4. The lowest BCUT2D eigenvalue weighted by Crippen LogP contribution is -2.51. The molecule has 0 radical (unpaired) electrons. The van der Waals surface area contributed by atoms with E-state index in [9.17, 15) is 24.3 Å². The Morgan fingerprint density at radius 3 is 2.32 bits per heavy atom. The zero-order valence-corrected chi connectivity index (χ0v) is 22.3. The van der Waals surface area contributed by atoms with Crippen molar-refractivity contribution in [3.05, 3.63) is 75.1 Å². The summed E-state index contributed by atoms with van der Waals surface area (Å²) in [7, 11) is 1.54. The second-order valence-electron chi connectivity index (χ2n) is 9.38. The molecule has 9 heteroatoms. The smallest absolute Gasteiger partial charge is 0.339 e. The molecule has 0 aliphatic heterocycles. The van der Waals surface area contributed by atoms with E-state index in [1.165, 1.54) is 0 Å². The number of carboxylic acids is 1. The van der Waals surface area contributed by atoms with Gasteiger partial charge in [-0.3, -0.25) is 9.59 Å². The van der Waals surface area contributed by atoms with E-state index in [-0.39, 0.29) is 18.8 Å². The molecule has 0 aliphatic carbocycles. The highest BCUT2D eigenvalue weighted by Gasteiger charge is 2.30. The summed E-state index contributed by atoms with van der Waals surface area (Å²) >= 11 is 0. The molecule has 3 aromatic rings. The van der Waals surface area contributed by atoms with E-state index in [4.69, 9.17) is 9.15 Å². The number of carboxylic acid groups (broad SMARTS) is 1. The Labute approximate surface area is 221 Å². The standard InChI is InChI=1S/C29H34N2O7/c1-6-16(2)24(27(33)31-25(28(34)35)19-10-8-7-9-11-19)30-23(32)15-13-21-17(3)20-12-14-22(37-5)18(4)26(20)38-29(21)36/h7-12,14,16,24-25H,6,13,15H2,1-5H3,(H,30,32)(H,31,33)(H,34,35)/t16-,24+,25-/m1/s1. The van der Waals surface area contributed by atoms with Crippen molar-refractivity contribution in [1.82, 2.24) is 10.6 Å². The maximum atomic E-state index is 13.1. The maximum absolute atomic E-state index is 13.1. The van der Waals surface area contributed by atoms with E-state index in [0.717, 1.165) is 10.9 Å². The van der Waals surface area contributed by atoms with Crippen molar-refractivity contribution in [2.45, 2.75) is 59.0 Å². The highest BCUT2D eigenvalue weighted by molar-refractivity contribution is 5.91. The molecule has 0 bridgehead atoms. The molecule has 2 aromatic carbocycles. The van der Waals surface area contributed by atoms with Crippen LogP contribution in [0.2, 0.25) is 0 Å². The van der Waals surface area contributed by atoms with Gasteiger partial charge < -0.3 is 24.9 Å². The minimum Gasteiger partial charge on any atom is -0.496 e. The average Bonchev–Trinajstić information content (AvgIpc) is 2.90. The molecule has 3 N–H and O–H groups in total. The Morgan fingerprint density at radius 1 is 1.03 bits per heavy atom. The number of benzene rings is 2. The van der Waals surface area contributed by atoms with Gasteiger partial charge in [0, 0.05) is 22.9 Å². The van der Waals surface area contributed by atoms with Gasteiger partial charge in [0.25, 0.3) is 0 Å². The number of nitrogens with one attached hydrogen (secondary N) is 2. The third-order valence-electron chi connectivity index (χ3n) is 6.95. The molecule has 0 aliphatic rings. The van der Waals surface area contributed by atoms with Crippen molar-refractivity contribution < 1.29 is 28.6 Å². The molecule has 0 spiro atoms. The molecule has 3 rings (SSSR count). The Morgan fingerprint density at radius 2 is 1.71 bits per heavy atom. The number of aliphatic carboxylic acids is 1. The lowest BCUT2D eigenvalue weighted by atomic mass is 9.96. The van der Waals surface area contributed by atoms with Crippen molar-refractivity contribution in [1.29, 1.82) is 0 Å². The number of amides is 2. The van der Waals surface area contributed by atoms with Gasteiger partial charge in [-0.05, 0) is 49.4 Å². The van der Waals surface area contributed by atoms with Crippen LogP contribution in [0.25, 0.3) is 11.0 Å². The van der Waals surface area contributed by atoms with Gasteiger partial charge in [-0.25, -0.2) is 9.59 Å². The summed E-state index contributed by atoms with van der Waals surface area (Å²) in [5.74, 6) is -1.87. The molecule has 0 unspecified atom stereocenters. The van der Waals surface area contributed by atoms with Crippen LogP contribution in [0.15, 0.2) is 51.7 Å². The van der Waals surface area contributed by atoms with Crippen LogP contribution in [0, 0.1) is 19.8 Å². The average molecular weight is 523 g/mol. The first-order valence-electron chi connectivity index (χ1n) is 12.6. The van der Waals surface area contributed by atoms with Gasteiger partial charge in [-0.15, -0.1) is 0 Å². The van der Waals surface area contributed by atoms with Crippen molar-refractivity contribution in [2.24, 2.45) is 5.92 Å². The molecule has 0 fully saturated rings. The molecule has 0 saturated heterocycles. The van der Waals surface area contributed by atoms with Crippen molar-refractivity contribution in [3.8, 4) is 5.75 Å². The van der Waals surface area contributed by atoms with E-state index in [0.29, 0.717) is 34.4 Å². The Balaban J connectivity index is 1.76. The van der Waals surface area contributed by atoms with Gasteiger partial charge in [0.05, 0.1) is 7.11 Å². The summed E-state index contributed by atoms with van der Waals surface area (Å²) in [6.07, 6.45) is 0.656. The third kappa shape index (κ3) is 6.22. The van der Waals surface area contributed by atoms with Gasteiger partial charge in [0.2, 0.25) is 11.8 Å². The van der Waals surface area contributed by atoms with Crippen LogP contribution >= 0.6 is 0 Å². The zero-order chi connectivity index (χ0) is 28.0. The number of carbonyl (C=O) groups is 3. The summed E-state index contributed by atoms with van der Waals surface area (Å²) in [6.45, 7) is 7.30. The number of aryl methyl sites for hydroxylation is 2. The maximum Gasteiger partial charge on any atom is 0.339 e. The Kier molecular flexibility index (Phi) is 9.28. The monoisotopic (exact) mass is 522 g/mol. The van der Waals surface area contributed by atoms with Gasteiger partial charge in [0.15, 0.2) is 6.04 Å². The van der Waals surface area contributed by atoms with Crippen molar-refractivity contribution in [2.75, 3.05) is 7.11 Å². The Hall–Kier alpha value is -4.14. The van der Waals surface area contributed by atoms with Crippen molar-refractivity contribution >= 4 is 28.8 Å². The minimum atomic E-state index is -1.25. The van der Waals surface area contributed by atoms with Gasteiger partial charge >= 0.3 is 11.6 Å². The number of hydrogen-bond acceptors (Lipinski definition) is 6. The number of rotatable bonds is 11. The van der Waals surface area contributed by atoms with Gasteiger partial charge in [-0.1, -0.05) is 50.6 Å². The topological polar surface area (TPSA) is 135 Å². The predicted octanol–water partition coefficient (Wildman–Crippen LogP) is 3.82. The largest absolute Gasteiger partial charge is 0.496 e. The highest BCUT2D eigenvalue weighted by Crippen LogP contribution is 2.29. The normalized spacial score (nSPS) is 13.4. The van der Waals surface area contributed by atoms with Crippen LogP contribution in [0.3, 0.4) is 0 Å². The van der Waals surface area contributed by atoms with Crippen LogP contribution < -0.4 is 21.0 Å². The quantitative estimate of drug-likeness (QED) is 0.326. The second-order valence-corrected chi connectivity index (χ2v) is 9.38. The molecule has 0 saturated carbocycles. The third-order valence-corrected chi connectivity index (χ3v) is 6.95. The van der Waals surface area contributed by atoms with E-state index in [2.05, 4.69) is 10.6 Å². The summed E-state index contributed by atoms with van der Waals surface area (Å²) in [5.41, 5.74) is 2.17. The zero-order valence-electron chi connectivity index (χ0n) is 22.3. The first-order valence-corrected chi connectivity index (χ1v) is 12.6. The van der Waals surface area contributed by atoms with E-state index < -0.39 is 35.5 Å². The minimum absolute atomic E-state index is 0.0481. The molecule has 3 atom stereocenters. The number of methoxy groups -OCH3 is 1. The first-order chi connectivity index (χ1) is 18.1. The summed E-state index contributed by atoms with van der Waals surface area (Å²) in [6, 6.07) is 9.79. The SMILES string of the molecule is CC[C@@H](C)[C@H](NC(=O)CCc1c(C)c2ccc(OC)c(C)c2oc1=O)C(=O)N[C@@H](C(=O)O)c1ccccc1. The van der Waals surface area contributed by atoms with E-state index in [1.807, 2.05) is 33.8 Å². The fourth-order valence-electron chi connectivity index (χ4n) is 4.43. The highest BCUT2D eigenvalue weighted by atomic mass is 16.5. The number of carbonyl (C=O) groups excluding carboxylic acids is 2. The molecule has 202 valence electrons. The van der Waals surface area contributed by atoms with Crippen LogP contribution in [0.4, 0.5) is 0 Å². The van der Waals surface area contributed by atoms with Gasteiger partial charge in [-0.2, -0.15) is 0 Å². The molecular formula is C29H34N2O7. The lowest BCUT2D eigenvalue weighted by molar-refractivity contribution is -0.142. The molecule has 2 amide bonds. The molecule has 1 heterocycles. The van der Waals surface area contributed by atoms with E-state index >= 15 is 0 Å². The summed E-state index contributed by atoms with van der Waals surface area (Å²) < 4.78 is 10.9. The van der Waals surface area contributed by atoms with E-state index in [1.54, 1.807) is 43.5 Å². The first kappa shape index (κ1) is 28.4. The fraction of sp³-hybridized carbons (Fsp3) is 0.379. The number of fused-ring (bicyclic) bond motifs is 1. The molecule has 38 heavy (non-hydrogen) atoms. The van der Waals surface area contributed by atoms with Crippen LogP contribution in [-0.2, 0) is 20.8 Å². The van der Waals surface area contributed by atoms with Crippen LogP contribution in [0.5, 0.6) is 5.75 Å². The summed E-state index contributed by atoms with van der Waals surface area (Å²) in [4.78, 5) is 50.6. The van der Waals surface area contributed by atoms with Crippen LogP contribution in [-0.4, -0.2) is 36.0 Å². The molecule has 9 nitrogen and oxygen atoms in total. The number of ether oxygens (including phenoxy) is 1. The van der Waals surface area contributed by atoms with Gasteiger partial charge in [0.1, 0.15) is 17.4 Å². The van der Waals surface area contributed by atoms with Crippen molar-refractivity contribution in [3.63, 3.8) is 0 Å². The van der Waals surface area contributed by atoms with Crippen LogP contribution in [0.1, 0.15) is 55.0 Å². The Bertz CT molecular complexity index is 1380. The fourth-order valence-corrected chi connectivity index (χ4v) is 4.43. The lowest BCUT2D eigenvalue weighted by Gasteiger charge is -2.25. The summed E-state index contributed by atoms with van der Waals surface area (Å²) in [5, 5.41) is 15.7. The predicted molar refractivity (Wildman–Crippen MR) is 143 cm³/mol. The molecular weight excluding hydrogens is 488 g/mol. The number of hydrogen-bond donors (Lipinski definition) is 3. The molecule has 1 aromatic heterocycles.